The number of benzene rings is 2. The van der Waals surface area contributed by atoms with E-state index in [1.165, 1.54) is 0 Å². The van der Waals surface area contributed by atoms with Gasteiger partial charge in [-0.1, -0.05) is 30.3 Å². The Morgan fingerprint density at radius 1 is 1.19 bits per heavy atom. The van der Waals surface area contributed by atoms with E-state index in [0.29, 0.717) is 13.1 Å². The van der Waals surface area contributed by atoms with Gasteiger partial charge in [-0.15, -0.1) is 12.4 Å². The van der Waals surface area contributed by atoms with E-state index in [1.807, 2.05) is 24.3 Å². The predicted molar refractivity (Wildman–Crippen MR) is 105 cm³/mol. The van der Waals surface area contributed by atoms with Gasteiger partial charge >= 0.3 is 0 Å². The Labute approximate surface area is 160 Å². The third-order valence-electron chi connectivity index (χ3n) is 4.47. The van der Waals surface area contributed by atoms with Crippen LogP contribution in [0.2, 0.25) is 0 Å². The van der Waals surface area contributed by atoms with Crippen molar-refractivity contribution < 1.29 is 13.2 Å². The van der Waals surface area contributed by atoms with Crippen molar-refractivity contribution >= 4 is 39.1 Å². The molecule has 3 rings (SSSR count). The first kappa shape index (κ1) is 20.6. The molecule has 6 nitrogen and oxygen atoms in total. The molecule has 1 fully saturated rings. The Balaban J connectivity index is 0.00000243. The molecule has 0 saturated carbocycles. The molecule has 26 heavy (non-hydrogen) atoms. The minimum absolute atomic E-state index is 0. The quantitative estimate of drug-likeness (QED) is 0.805. The van der Waals surface area contributed by atoms with E-state index < -0.39 is 10.0 Å². The van der Waals surface area contributed by atoms with Crippen LogP contribution < -0.4 is 10.5 Å². The summed E-state index contributed by atoms with van der Waals surface area (Å²) in [5, 5.41) is 1.85. The number of nitrogens with zero attached hydrogens (tertiary/aromatic N) is 1. The van der Waals surface area contributed by atoms with Crippen LogP contribution in [0.5, 0.6) is 0 Å². The summed E-state index contributed by atoms with van der Waals surface area (Å²) >= 11 is 0. The Bertz CT molecular complexity index is 873. The van der Waals surface area contributed by atoms with Crippen molar-refractivity contribution in [1.29, 1.82) is 0 Å². The summed E-state index contributed by atoms with van der Waals surface area (Å²) in [6.07, 6.45) is 1.97. The van der Waals surface area contributed by atoms with Gasteiger partial charge in [-0.05, 0) is 35.7 Å². The van der Waals surface area contributed by atoms with Crippen LogP contribution >= 0.6 is 12.4 Å². The fourth-order valence-electron chi connectivity index (χ4n) is 3.10. The Hall–Kier alpha value is -1.67. The SMILES string of the molecule is Cl.NC1CCCN(C(=O)CCNS(=O)(=O)c2ccc3ccccc3c2)C1. The molecule has 0 radical (unpaired) electrons. The Morgan fingerprint density at radius 3 is 2.65 bits per heavy atom. The van der Waals surface area contributed by atoms with Crippen LogP contribution in [0, 0.1) is 0 Å². The van der Waals surface area contributed by atoms with Crippen molar-refractivity contribution in [2.75, 3.05) is 19.6 Å². The Kier molecular flexibility index (Phi) is 7.00. The van der Waals surface area contributed by atoms with E-state index in [-0.39, 0.29) is 42.2 Å². The van der Waals surface area contributed by atoms with Gasteiger partial charge in [0.25, 0.3) is 0 Å². The van der Waals surface area contributed by atoms with Crippen molar-refractivity contribution in [3.05, 3.63) is 42.5 Å². The minimum Gasteiger partial charge on any atom is -0.341 e. The van der Waals surface area contributed by atoms with Crippen molar-refractivity contribution in [3.8, 4) is 0 Å². The van der Waals surface area contributed by atoms with Crippen LogP contribution in [-0.4, -0.2) is 44.9 Å². The number of rotatable bonds is 5. The average molecular weight is 398 g/mol. The molecular weight excluding hydrogens is 374 g/mol. The molecule has 1 atom stereocenters. The van der Waals surface area contributed by atoms with Gasteiger partial charge in [-0.2, -0.15) is 0 Å². The molecule has 2 aromatic carbocycles. The van der Waals surface area contributed by atoms with E-state index >= 15 is 0 Å². The van der Waals surface area contributed by atoms with Crippen LogP contribution in [0.15, 0.2) is 47.4 Å². The molecule has 0 bridgehead atoms. The summed E-state index contributed by atoms with van der Waals surface area (Å²) in [7, 11) is -3.63. The molecular formula is C18H24ClN3O3S. The van der Waals surface area contributed by atoms with Crippen LogP contribution in [0.1, 0.15) is 19.3 Å². The Morgan fingerprint density at radius 2 is 1.92 bits per heavy atom. The average Bonchev–Trinajstić information content (AvgIpc) is 2.61. The first-order valence-corrected chi connectivity index (χ1v) is 9.96. The molecule has 0 spiro atoms. The number of piperidine rings is 1. The van der Waals surface area contributed by atoms with E-state index in [0.717, 1.165) is 23.6 Å². The second-order valence-electron chi connectivity index (χ2n) is 6.40. The summed E-state index contributed by atoms with van der Waals surface area (Å²) in [5.41, 5.74) is 5.88. The lowest BCUT2D eigenvalue weighted by Gasteiger charge is -2.30. The molecule has 3 N–H and O–H groups in total. The summed E-state index contributed by atoms with van der Waals surface area (Å²) in [5.74, 6) is -0.0589. The highest BCUT2D eigenvalue weighted by atomic mass is 35.5. The molecule has 1 aliphatic rings. The maximum absolute atomic E-state index is 12.4. The molecule has 0 aromatic heterocycles. The van der Waals surface area contributed by atoms with Gasteiger partial charge in [-0.25, -0.2) is 13.1 Å². The highest BCUT2D eigenvalue weighted by molar-refractivity contribution is 7.89. The fourth-order valence-corrected chi connectivity index (χ4v) is 4.17. The predicted octanol–water partition coefficient (Wildman–Crippen LogP) is 1.88. The molecule has 1 saturated heterocycles. The molecule has 1 amide bonds. The second kappa shape index (κ2) is 8.81. The topological polar surface area (TPSA) is 92.5 Å². The number of hydrogen-bond acceptors (Lipinski definition) is 4. The normalized spacial score (nSPS) is 17.7. The number of halogens is 1. The number of carbonyl (C=O) groups excluding carboxylic acids is 1. The molecule has 1 heterocycles. The molecule has 0 aliphatic carbocycles. The minimum atomic E-state index is -3.63. The third-order valence-corrected chi connectivity index (χ3v) is 5.93. The van der Waals surface area contributed by atoms with E-state index in [9.17, 15) is 13.2 Å². The lowest BCUT2D eigenvalue weighted by molar-refractivity contribution is -0.132. The number of fused-ring (bicyclic) bond motifs is 1. The fraction of sp³-hybridized carbons (Fsp3) is 0.389. The van der Waals surface area contributed by atoms with Crippen molar-refractivity contribution in [1.82, 2.24) is 9.62 Å². The van der Waals surface area contributed by atoms with E-state index in [2.05, 4.69) is 4.72 Å². The largest absolute Gasteiger partial charge is 0.341 e. The first-order valence-electron chi connectivity index (χ1n) is 8.47. The van der Waals surface area contributed by atoms with E-state index in [1.54, 1.807) is 23.1 Å². The van der Waals surface area contributed by atoms with Crippen molar-refractivity contribution in [2.24, 2.45) is 5.73 Å². The molecule has 8 heteroatoms. The lowest BCUT2D eigenvalue weighted by Crippen LogP contribution is -2.46. The first-order chi connectivity index (χ1) is 12.0. The summed E-state index contributed by atoms with van der Waals surface area (Å²) < 4.78 is 27.4. The number of amides is 1. The number of hydrogen-bond donors (Lipinski definition) is 2. The van der Waals surface area contributed by atoms with Crippen molar-refractivity contribution in [3.63, 3.8) is 0 Å². The number of carbonyl (C=O) groups is 1. The highest BCUT2D eigenvalue weighted by Gasteiger charge is 2.21. The highest BCUT2D eigenvalue weighted by Crippen LogP contribution is 2.18. The molecule has 1 unspecified atom stereocenters. The van der Waals surface area contributed by atoms with Crippen LogP contribution in [-0.2, 0) is 14.8 Å². The standard InChI is InChI=1S/C18H23N3O3S.ClH/c19-16-6-3-11-21(13-16)18(22)9-10-20-25(23,24)17-8-7-14-4-1-2-5-15(14)12-17;/h1-2,4-5,7-8,12,16,20H,3,6,9-11,13,19H2;1H. The molecule has 142 valence electrons. The van der Waals surface area contributed by atoms with Crippen LogP contribution in [0.25, 0.3) is 10.8 Å². The third kappa shape index (κ3) is 4.94. The zero-order valence-electron chi connectivity index (χ0n) is 14.4. The number of sulfonamides is 1. The smallest absolute Gasteiger partial charge is 0.240 e. The zero-order chi connectivity index (χ0) is 17.9. The maximum atomic E-state index is 12.4. The number of nitrogens with one attached hydrogen (secondary N) is 1. The van der Waals surface area contributed by atoms with Crippen LogP contribution in [0.3, 0.4) is 0 Å². The van der Waals surface area contributed by atoms with Gasteiger partial charge in [0.15, 0.2) is 0 Å². The maximum Gasteiger partial charge on any atom is 0.240 e. The van der Waals surface area contributed by atoms with Gasteiger partial charge in [0.1, 0.15) is 0 Å². The number of likely N-dealkylation sites (tertiary alicyclic amines) is 1. The molecule has 2 aromatic rings. The lowest BCUT2D eigenvalue weighted by atomic mass is 10.1. The summed E-state index contributed by atoms with van der Waals surface area (Å²) in [6, 6.07) is 12.6. The molecule has 1 aliphatic heterocycles. The van der Waals surface area contributed by atoms with Gasteiger partial charge in [0.2, 0.25) is 15.9 Å². The monoisotopic (exact) mass is 397 g/mol. The second-order valence-corrected chi connectivity index (χ2v) is 8.17. The summed E-state index contributed by atoms with van der Waals surface area (Å²) in [6.45, 7) is 1.33. The zero-order valence-corrected chi connectivity index (χ0v) is 16.1. The van der Waals surface area contributed by atoms with Gasteiger partial charge in [0, 0.05) is 32.1 Å². The van der Waals surface area contributed by atoms with Gasteiger partial charge < -0.3 is 10.6 Å². The summed E-state index contributed by atoms with van der Waals surface area (Å²) in [4.78, 5) is 14.1. The van der Waals surface area contributed by atoms with E-state index in [4.69, 9.17) is 5.73 Å². The van der Waals surface area contributed by atoms with Crippen molar-refractivity contribution in [2.45, 2.75) is 30.2 Å². The number of nitrogens with two attached hydrogens (primary N) is 1. The van der Waals surface area contributed by atoms with Gasteiger partial charge in [0.05, 0.1) is 4.90 Å². The van der Waals surface area contributed by atoms with Gasteiger partial charge in [-0.3, -0.25) is 4.79 Å². The van der Waals surface area contributed by atoms with Crippen LogP contribution in [0.4, 0.5) is 0 Å².